The Labute approximate surface area is 128 Å². The van der Waals surface area contributed by atoms with Crippen molar-refractivity contribution in [2.75, 3.05) is 32.7 Å². The van der Waals surface area contributed by atoms with E-state index in [4.69, 9.17) is 0 Å². The number of nitrogens with one attached hydrogen (secondary N) is 1. The van der Waals surface area contributed by atoms with Gasteiger partial charge in [0.2, 0.25) is 5.91 Å². The van der Waals surface area contributed by atoms with Gasteiger partial charge in [-0.05, 0) is 38.8 Å². The number of rotatable bonds is 1. The summed E-state index contributed by atoms with van der Waals surface area (Å²) in [5.74, 6) is 0.358. The minimum atomic E-state index is 0. The lowest BCUT2D eigenvalue weighted by Crippen LogP contribution is -2.57. The number of hydrogen-bond donors (Lipinski definition) is 1. The van der Waals surface area contributed by atoms with Crippen molar-refractivity contribution in [2.24, 2.45) is 0 Å². The highest BCUT2D eigenvalue weighted by atomic mass is 35.5. The standard InChI is InChI=1S/C13H23N3O.2ClH/c17-13(12-5-1-2-6-14-12)16-9-8-15-7-3-4-11(15)10-16;;/h11-12,14H,1-10H2;2*1H/t11?,12-;;/m1../s1. The van der Waals surface area contributed by atoms with Crippen molar-refractivity contribution in [3.05, 3.63) is 0 Å². The number of nitrogens with zero attached hydrogens (tertiary/aromatic N) is 2. The Morgan fingerprint density at radius 3 is 2.58 bits per heavy atom. The van der Waals surface area contributed by atoms with E-state index in [0.717, 1.165) is 32.6 Å². The van der Waals surface area contributed by atoms with Gasteiger partial charge in [-0.25, -0.2) is 0 Å². The third-order valence-corrected chi connectivity index (χ3v) is 4.51. The van der Waals surface area contributed by atoms with Crippen molar-refractivity contribution in [3.63, 3.8) is 0 Å². The molecule has 1 N–H and O–H groups in total. The fourth-order valence-corrected chi connectivity index (χ4v) is 3.47. The predicted molar refractivity (Wildman–Crippen MR) is 81.3 cm³/mol. The molecule has 0 radical (unpaired) electrons. The molecule has 3 aliphatic heterocycles. The molecule has 3 rings (SSSR count). The van der Waals surface area contributed by atoms with Gasteiger partial charge < -0.3 is 10.2 Å². The summed E-state index contributed by atoms with van der Waals surface area (Å²) in [4.78, 5) is 17.0. The lowest BCUT2D eigenvalue weighted by atomic mass is 10.0. The molecule has 0 aliphatic carbocycles. The van der Waals surface area contributed by atoms with Crippen LogP contribution in [0.25, 0.3) is 0 Å². The molecule has 0 aromatic rings. The predicted octanol–water partition coefficient (Wildman–Crippen LogP) is 1.28. The Hall–Kier alpha value is -0.0300. The molecule has 6 heteroatoms. The molecule has 1 amide bonds. The van der Waals surface area contributed by atoms with E-state index < -0.39 is 0 Å². The van der Waals surface area contributed by atoms with Crippen LogP contribution < -0.4 is 5.32 Å². The van der Waals surface area contributed by atoms with Gasteiger partial charge >= 0.3 is 0 Å². The van der Waals surface area contributed by atoms with Crippen LogP contribution in [0.2, 0.25) is 0 Å². The minimum Gasteiger partial charge on any atom is -0.338 e. The average molecular weight is 310 g/mol. The molecular weight excluding hydrogens is 285 g/mol. The van der Waals surface area contributed by atoms with Crippen molar-refractivity contribution < 1.29 is 4.79 Å². The quantitative estimate of drug-likeness (QED) is 0.792. The first kappa shape index (κ1) is 17.0. The van der Waals surface area contributed by atoms with Gasteiger partial charge in [-0.1, -0.05) is 6.42 Å². The molecular formula is C13H25Cl2N3O. The molecule has 0 spiro atoms. The lowest BCUT2D eigenvalue weighted by molar-refractivity contribution is -0.136. The summed E-state index contributed by atoms with van der Waals surface area (Å²) in [7, 11) is 0. The summed E-state index contributed by atoms with van der Waals surface area (Å²) in [5, 5.41) is 3.37. The first-order valence-corrected chi connectivity index (χ1v) is 7.11. The van der Waals surface area contributed by atoms with E-state index in [1.54, 1.807) is 0 Å². The molecule has 2 atom stereocenters. The van der Waals surface area contributed by atoms with Crippen LogP contribution in [-0.4, -0.2) is 60.5 Å². The first-order valence-electron chi connectivity index (χ1n) is 7.11. The van der Waals surface area contributed by atoms with Crippen LogP contribution in [-0.2, 0) is 4.79 Å². The van der Waals surface area contributed by atoms with Gasteiger partial charge in [0.25, 0.3) is 0 Å². The second-order valence-corrected chi connectivity index (χ2v) is 5.62. The number of carbonyl (C=O) groups is 1. The topological polar surface area (TPSA) is 35.6 Å². The zero-order valence-electron chi connectivity index (χ0n) is 11.3. The maximum absolute atomic E-state index is 12.4. The number of piperazine rings is 1. The first-order chi connectivity index (χ1) is 8.34. The number of carbonyl (C=O) groups excluding carboxylic acids is 1. The monoisotopic (exact) mass is 309 g/mol. The molecule has 112 valence electrons. The van der Waals surface area contributed by atoms with Crippen molar-refractivity contribution in [3.8, 4) is 0 Å². The summed E-state index contributed by atoms with van der Waals surface area (Å²) in [5.41, 5.74) is 0. The van der Waals surface area contributed by atoms with Crippen LogP contribution in [0, 0.1) is 0 Å². The fourth-order valence-electron chi connectivity index (χ4n) is 3.47. The van der Waals surface area contributed by atoms with Crippen LogP contribution in [0.15, 0.2) is 0 Å². The van der Waals surface area contributed by atoms with Gasteiger partial charge in [0, 0.05) is 25.7 Å². The van der Waals surface area contributed by atoms with Gasteiger partial charge in [-0.3, -0.25) is 9.69 Å². The summed E-state index contributed by atoms with van der Waals surface area (Å²) in [6.45, 7) is 5.25. The highest BCUT2D eigenvalue weighted by Gasteiger charge is 2.34. The van der Waals surface area contributed by atoms with Crippen molar-refractivity contribution in [1.29, 1.82) is 0 Å². The number of hydrogen-bond acceptors (Lipinski definition) is 3. The van der Waals surface area contributed by atoms with Gasteiger partial charge in [-0.2, -0.15) is 0 Å². The molecule has 0 aromatic heterocycles. The number of fused-ring (bicyclic) bond motifs is 1. The second kappa shape index (κ2) is 7.67. The third-order valence-electron chi connectivity index (χ3n) is 4.51. The zero-order valence-corrected chi connectivity index (χ0v) is 13.0. The SMILES string of the molecule is Cl.Cl.O=C([C@H]1CCCCN1)N1CCN2CCCC2C1. The van der Waals surface area contributed by atoms with Gasteiger partial charge in [-0.15, -0.1) is 24.8 Å². The lowest BCUT2D eigenvalue weighted by Gasteiger charge is -2.39. The van der Waals surface area contributed by atoms with Crippen molar-refractivity contribution >= 4 is 30.7 Å². The van der Waals surface area contributed by atoms with E-state index in [9.17, 15) is 4.79 Å². The summed E-state index contributed by atoms with van der Waals surface area (Å²) < 4.78 is 0. The molecule has 1 unspecified atom stereocenters. The summed E-state index contributed by atoms with van der Waals surface area (Å²) in [6, 6.07) is 0.757. The van der Waals surface area contributed by atoms with Crippen LogP contribution in [0.3, 0.4) is 0 Å². The van der Waals surface area contributed by atoms with Gasteiger partial charge in [0.05, 0.1) is 6.04 Å². The van der Waals surface area contributed by atoms with Crippen LogP contribution >= 0.6 is 24.8 Å². The van der Waals surface area contributed by atoms with Crippen LogP contribution in [0.5, 0.6) is 0 Å². The largest absolute Gasteiger partial charge is 0.338 e. The molecule has 4 nitrogen and oxygen atoms in total. The summed E-state index contributed by atoms with van der Waals surface area (Å²) in [6.07, 6.45) is 6.05. The molecule has 0 bridgehead atoms. The number of piperidine rings is 1. The second-order valence-electron chi connectivity index (χ2n) is 5.62. The van der Waals surface area contributed by atoms with E-state index in [1.165, 1.54) is 32.2 Å². The maximum atomic E-state index is 12.4. The van der Waals surface area contributed by atoms with Crippen LogP contribution in [0.1, 0.15) is 32.1 Å². The molecule has 19 heavy (non-hydrogen) atoms. The Morgan fingerprint density at radius 2 is 1.84 bits per heavy atom. The van der Waals surface area contributed by atoms with Gasteiger partial charge in [0.1, 0.15) is 0 Å². The highest BCUT2D eigenvalue weighted by molar-refractivity contribution is 5.85. The summed E-state index contributed by atoms with van der Waals surface area (Å²) >= 11 is 0. The maximum Gasteiger partial charge on any atom is 0.239 e. The normalized spacial score (nSPS) is 31.1. The van der Waals surface area contributed by atoms with Crippen LogP contribution in [0.4, 0.5) is 0 Å². The third kappa shape index (κ3) is 3.75. The Morgan fingerprint density at radius 1 is 1.00 bits per heavy atom. The average Bonchev–Trinajstić information content (AvgIpc) is 2.86. The molecule has 3 heterocycles. The Kier molecular flexibility index (Phi) is 6.87. The minimum absolute atomic E-state index is 0. The molecule has 3 saturated heterocycles. The highest BCUT2D eigenvalue weighted by Crippen LogP contribution is 2.22. The number of halogens is 2. The number of amides is 1. The molecule has 3 fully saturated rings. The van der Waals surface area contributed by atoms with E-state index in [-0.39, 0.29) is 30.9 Å². The fraction of sp³-hybridized carbons (Fsp3) is 0.923. The van der Waals surface area contributed by atoms with E-state index in [2.05, 4.69) is 15.1 Å². The molecule has 3 aliphatic rings. The van der Waals surface area contributed by atoms with E-state index in [0.29, 0.717) is 11.9 Å². The molecule has 0 saturated carbocycles. The Bertz CT molecular complexity index is 298. The van der Waals surface area contributed by atoms with Crippen molar-refractivity contribution in [2.45, 2.75) is 44.2 Å². The van der Waals surface area contributed by atoms with Gasteiger partial charge in [0.15, 0.2) is 0 Å². The zero-order chi connectivity index (χ0) is 11.7. The Balaban J connectivity index is 0.000000902. The van der Waals surface area contributed by atoms with E-state index in [1.807, 2.05) is 0 Å². The van der Waals surface area contributed by atoms with Crippen molar-refractivity contribution in [1.82, 2.24) is 15.1 Å². The van der Waals surface area contributed by atoms with E-state index >= 15 is 0 Å². The smallest absolute Gasteiger partial charge is 0.239 e. The molecule has 0 aromatic carbocycles.